The van der Waals surface area contributed by atoms with Crippen molar-refractivity contribution >= 4 is 11.6 Å². The number of hydrogen-bond donors (Lipinski definition) is 2. The Kier molecular flexibility index (Phi) is 5.16. The fourth-order valence-corrected chi connectivity index (χ4v) is 1.60. The van der Waals surface area contributed by atoms with Gasteiger partial charge in [0.15, 0.2) is 0 Å². The lowest BCUT2D eigenvalue weighted by Gasteiger charge is -2.17. The van der Waals surface area contributed by atoms with Crippen molar-refractivity contribution in [2.75, 3.05) is 5.32 Å². The number of rotatable bonds is 4. The van der Waals surface area contributed by atoms with Gasteiger partial charge in [0.25, 0.3) is 0 Å². The zero-order valence-electron chi connectivity index (χ0n) is 11.7. The van der Waals surface area contributed by atoms with Gasteiger partial charge < -0.3 is 11.1 Å². The molecular formula is C14H19F3N2O. The molecule has 0 saturated heterocycles. The standard InChI is InChI=1S/C14H19F3N2O/c1-8(2)9(3)13(20)19-12-5-10(7-18)4-11(6-12)14(15,16)17/h4-6,8-9H,7,18H2,1-3H3,(H,19,20). The molecule has 1 aromatic carbocycles. The second-order valence-corrected chi connectivity index (χ2v) is 5.14. The van der Waals surface area contributed by atoms with E-state index < -0.39 is 11.7 Å². The number of halogens is 3. The molecule has 1 aromatic rings. The fourth-order valence-electron chi connectivity index (χ4n) is 1.60. The third kappa shape index (κ3) is 4.23. The summed E-state index contributed by atoms with van der Waals surface area (Å²) >= 11 is 0. The van der Waals surface area contributed by atoms with E-state index in [9.17, 15) is 18.0 Å². The second kappa shape index (κ2) is 6.26. The van der Waals surface area contributed by atoms with E-state index in [0.717, 1.165) is 12.1 Å². The van der Waals surface area contributed by atoms with Crippen LogP contribution in [0.1, 0.15) is 31.9 Å². The molecule has 3 N–H and O–H groups in total. The first-order valence-electron chi connectivity index (χ1n) is 6.37. The number of nitrogens with one attached hydrogen (secondary N) is 1. The zero-order valence-corrected chi connectivity index (χ0v) is 11.7. The van der Waals surface area contributed by atoms with Crippen LogP contribution in [0.5, 0.6) is 0 Å². The van der Waals surface area contributed by atoms with E-state index in [1.54, 1.807) is 6.92 Å². The molecule has 0 radical (unpaired) electrons. The highest BCUT2D eigenvalue weighted by atomic mass is 19.4. The molecule has 0 spiro atoms. The van der Waals surface area contributed by atoms with Crippen LogP contribution in [-0.2, 0) is 17.5 Å². The molecule has 0 aliphatic heterocycles. The Hall–Kier alpha value is -1.56. The Morgan fingerprint density at radius 2 is 1.85 bits per heavy atom. The average Bonchev–Trinajstić information content (AvgIpc) is 2.36. The summed E-state index contributed by atoms with van der Waals surface area (Å²) in [5.41, 5.74) is 5.03. The monoisotopic (exact) mass is 288 g/mol. The molecule has 1 amide bonds. The first kappa shape index (κ1) is 16.5. The highest BCUT2D eigenvalue weighted by Gasteiger charge is 2.31. The van der Waals surface area contributed by atoms with Gasteiger partial charge in [-0.05, 0) is 29.7 Å². The predicted molar refractivity (Wildman–Crippen MR) is 72.0 cm³/mol. The van der Waals surface area contributed by atoms with Crippen molar-refractivity contribution in [2.24, 2.45) is 17.6 Å². The van der Waals surface area contributed by atoms with Gasteiger partial charge in [-0.1, -0.05) is 20.8 Å². The lowest BCUT2D eigenvalue weighted by atomic mass is 9.97. The largest absolute Gasteiger partial charge is 0.416 e. The number of hydrogen-bond acceptors (Lipinski definition) is 2. The molecule has 1 rings (SSSR count). The van der Waals surface area contributed by atoms with Gasteiger partial charge in [0.2, 0.25) is 5.91 Å². The maximum atomic E-state index is 12.8. The molecule has 0 bridgehead atoms. The van der Waals surface area contributed by atoms with Crippen molar-refractivity contribution in [1.29, 1.82) is 0 Å². The lowest BCUT2D eigenvalue weighted by Crippen LogP contribution is -2.24. The first-order chi connectivity index (χ1) is 9.15. The summed E-state index contributed by atoms with van der Waals surface area (Å²) in [7, 11) is 0. The molecule has 0 aliphatic rings. The van der Waals surface area contributed by atoms with E-state index >= 15 is 0 Å². The second-order valence-electron chi connectivity index (χ2n) is 5.14. The maximum Gasteiger partial charge on any atom is 0.416 e. The number of benzene rings is 1. The molecule has 0 aliphatic carbocycles. The van der Waals surface area contributed by atoms with Crippen molar-refractivity contribution in [3.8, 4) is 0 Å². The molecule has 20 heavy (non-hydrogen) atoms. The van der Waals surface area contributed by atoms with Crippen molar-refractivity contribution in [1.82, 2.24) is 0 Å². The minimum atomic E-state index is -4.46. The summed E-state index contributed by atoms with van der Waals surface area (Å²) in [6.45, 7) is 5.47. The topological polar surface area (TPSA) is 55.1 Å². The summed E-state index contributed by atoms with van der Waals surface area (Å²) in [5, 5.41) is 2.52. The Morgan fingerprint density at radius 3 is 2.30 bits per heavy atom. The maximum absolute atomic E-state index is 12.8. The van der Waals surface area contributed by atoms with E-state index in [1.165, 1.54) is 6.07 Å². The lowest BCUT2D eigenvalue weighted by molar-refractivity contribution is -0.137. The van der Waals surface area contributed by atoms with Crippen LogP contribution in [0.2, 0.25) is 0 Å². The Balaban J connectivity index is 3.04. The van der Waals surface area contributed by atoms with Crippen LogP contribution >= 0.6 is 0 Å². The normalized spacial score (nSPS) is 13.4. The number of amides is 1. The summed E-state index contributed by atoms with van der Waals surface area (Å²) in [6, 6.07) is 3.37. The highest BCUT2D eigenvalue weighted by Crippen LogP contribution is 2.32. The fraction of sp³-hybridized carbons (Fsp3) is 0.500. The van der Waals surface area contributed by atoms with E-state index in [2.05, 4.69) is 5.32 Å². The van der Waals surface area contributed by atoms with E-state index in [4.69, 9.17) is 5.73 Å². The minimum absolute atomic E-state index is 0.0213. The van der Waals surface area contributed by atoms with Gasteiger partial charge in [0.05, 0.1) is 5.56 Å². The van der Waals surface area contributed by atoms with Crippen molar-refractivity contribution in [2.45, 2.75) is 33.5 Å². The van der Waals surface area contributed by atoms with Crippen LogP contribution < -0.4 is 11.1 Å². The van der Waals surface area contributed by atoms with Crippen molar-refractivity contribution in [3.05, 3.63) is 29.3 Å². The number of carbonyl (C=O) groups is 1. The molecule has 0 aromatic heterocycles. The SMILES string of the molecule is CC(C)C(C)C(=O)Nc1cc(CN)cc(C(F)(F)F)c1. The summed E-state index contributed by atoms with van der Waals surface area (Å²) < 4.78 is 38.3. The van der Waals surface area contributed by atoms with E-state index in [1.807, 2.05) is 13.8 Å². The van der Waals surface area contributed by atoms with Crippen LogP contribution in [0.15, 0.2) is 18.2 Å². The summed E-state index contributed by atoms with van der Waals surface area (Å²) in [4.78, 5) is 11.9. The van der Waals surface area contributed by atoms with Crippen LogP contribution in [-0.4, -0.2) is 5.91 Å². The van der Waals surface area contributed by atoms with Gasteiger partial charge in [-0.2, -0.15) is 13.2 Å². The minimum Gasteiger partial charge on any atom is -0.326 e. The Bertz CT molecular complexity index is 484. The molecule has 0 saturated carbocycles. The average molecular weight is 288 g/mol. The van der Waals surface area contributed by atoms with Gasteiger partial charge in [-0.3, -0.25) is 4.79 Å². The molecule has 3 nitrogen and oxygen atoms in total. The first-order valence-corrected chi connectivity index (χ1v) is 6.37. The predicted octanol–water partition coefficient (Wildman–Crippen LogP) is 3.39. The summed E-state index contributed by atoms with van der Waals surface area (Å²) in [5.74, 6) is -0.483. The Morgan fingerprint density at radius 1 is 1.25 bits per heavy atom. The third-order valence-electron chi connectivity index (χ3n) is 3.24. The van der Waals surface area contributed by atoms with Crippen molar-refractivity contribution in [3.63, 3.8) is 0 Å². The van der Waals surface area contributed by atoms with Gasteiger partial charge in [0.1, 0.15) is 0 Å². The van der Waals surface area contributed by atoms with Gasteiger partial charge >= 0.3 is 6.18 Å². The van der Waals surface area contributed by atoms with Crippen molar-refractivity contribution < 1.29 is 18.0 Å². The number of carbonyl (C=O) groups excluding carboxylic acids is 1. The van der Waals surface area contributed by atoms with Crippen LogP contribution in [0.25, 0.3) is 0 Å². The molecule has 6 heteroatoms. The Labute approximate surface area is 116 Å². The molecule has 1 atom stereocenters. The molecular weight excluding hydrogens is 269 g/mol. The smallest absolute Gasteiger partial charge is 0.326 e. The third-order valence-corrected chi connectivity index (χ3v) is 3.24. The highest BCUT2D eigenvalue weighted by molar-refractivity contribution is 5.92. The summed E-state index contributed by atoms with van der Waals surface area (Å²) in [6.07, 6.45) is -4.46. The van der Waals surface area contributed by atoms with Crippen LogP contribution in [0.4, 0.5) is 18.9 Å². The number of alkyl halides is 3. The molecule has 112 valence electrons. The van der Waals surface area contributed by atoms with E-state index in [-0.39, 0.29) is 30.0 Å². The number of anilines is 1. The number of nitrogens with two attached hydrogens (primary N) is 1. The van der Waals surface area contributed by atoms with Gasteiger partial charge in [-0.25, -0.2) is 0 Å². The van der Waals surface area contributed by atoms with Gasteiger partial charge in [-0.15, -0.1) is 0 Å². The zero-order chi connectivity index (χ0) is 15.5. The quantitative estimate of drug-likeness (QED) is 0.892. The van der Waals surface area contributed by atoms with E-state index in [0.29, 0.717) is 5.56 Å². The van der Waals surface area contributed by atoms with Crippen LogP contribution in [0, 0.1) is 11.8 Å². The molecule has 0 fully saturated rings. The van der Waals surface area contributed by atoms with Crippen LogP contribution in [0.3, 0.4) is 0 Å². The van der Waals surface area contributed by atoms with Gasteiger partial charge in [0, 0.05) is 18.2 Å². The molecule has 1 unspecified atom stereocenters. The molecule has 0 heterocycles.